The van der Waals surface area contributed by atoms with Crippen LogP contribution in [0.15, 0.2) is 21.8 Å². The van der Waals surface area contributed by atoms with Crippen LogP contribution in [0.5, 0.6) is 0 Å². The van der Waals surface area contributed by atoms with Gasteiger partial charge in [-0.3, -0.25) is 0 Å². The molecule has 19 heavy (non-hydrogen) atoms. The van der Waals surface area contributed by atoms with Crippen LogP contribution in [0.1, 0.15) is 22.7 Å². The van der Waals surface area contributed by atoms with E-state index < -0.39 is 10.0 Å². The normalized spacial score (nSPS) is 13.7. The topological polar surface area (TPSA) is 76.9 Å². The Labute approximate surface area is 124 Å². The van der Waals surface area contributed by atoms with Gasteiger partial charge in [-0.15, -0.1) is 16.4 Å². The Morgan fingerprint density at radius 1 is 1.47 bits per heavy atom. The number of halogens is 1. The van der Waals surface area contributed by atoms with Gasteiger partial charge in [-0.25, -0.2) is 17.8 Å². The standard InChI is InChI=1S/C10H13BrN4O2S2/c1-6-4-5-8(18-6)7(2)13-19(16,17)10-9(11)12-14-15(10)3/h4-5,7,13H,1-3H3. The van der Waals surface area contributed by atoms with Gasteiger partial charge in [0.2, 0.25) is 5.03 Å². The predicted octanol–water partition coefficient (Wildman–Crippen LogP) is 1.99. The Hall–Kier alpha value is -0.770. The third kappa shape index (κ3) is 3.04. The van der Waals surface area contributed by atoms with Crippen LogP contribution >= 0.6 is 27.3 Å². The number of aryl methyl sites for hydroxylation is 2. The van der Waals surface area contributed by atoms with E-state index in [4.69, 9.17) is 0 Å². The zero-order valence-corrected chi connectivity index (χ0v) is 13.8. The van der Waals surface area contributed by atoms with Gasteiger partial charge >= 0.3 is 0 Å². The van der Waals surface area contributed by atoms with Crippen LogP contribution in [0.3, 0.4) is 0 Å². The number of sulfonamides is 1. The molecule has 1 N–H and O–H groups in total. The van der Waals surface area contributed by atoms with Crippen molar-refractivity contribution in [1.29, 1.82) is 0 Å². The quantitative estimate of drug-likeness (QED) is 0.899. The Balaban J connectivity index is 2.27. The minimum atomic E-state index is -3.67. The van der Waals surface area contributed by atoms with Crippen molar-refractivity contribution in [3.63, 3.8) is 0 Å². The van der Waals surface area contributed by atoms with Crippen LogP contribution in [0, 0.1) is 6.92 Å². The molecule has 1 unspecified atom stereocenters. The van der Waals surface area contributed by atoms with E-state index in [1.807, 2.05) is 19.1 Å². The van der Waals surface area contributed by atoms with E-state index in [9.17, 15) is 8.42 Å². The van der Waals surface area contributed by atoms with Crippen molar-refractivity contribution in [2.24, 2.45) is 7.05 Å². The van der Waals surface area contributed by atoms with Crippen molar-refractivity contribution in [2.45, 2.75) is 24.9 Å². The summed E-state index contributed by atoms with van der Waals surface area (Å²) in [4.78, 5) is 2.11. The third-order valence-corrected chi connectivity index (χ3v) is 6.12. The number of rotatable bonds is 4. The van der Waals surface area contributed by atoms with E-state index >= 15 is 0 Å². The summed E-state index contributed by atoms with van der Waals surface area (Å²) in [6.45, 7) is 3.79. The van der Waals surface area contributed by atoms with Crippen LogP contribution in [0.2, 0.25) is 0 Å². The lowest BCUT2D eigenvalue weighted by Crippen LogP contribution is -2.28. The molecular formula is C10H13BrN4O2S2. The van der Waals surface area contributed by atoms with Crippen LogP contribution < -0.4 is 4.72 Å². The number of thiophene rings is 1. The molecule has 0 aliphatic carbocycles. The van der Waals surface area contributed by atoms with Gasteiger partial charge in [0.25, 0.3) is 10.0 Å². The maximum absolute atomic E-state index is 12.3. The monoisotopic (exact) mass is 364 g/mol. The molecule has 1 atom stereocenters. The van der Waals surface area contributed by atoms with Gasteiger partial charge in [-0.2, -0.15) is 0 Å². The molecule has 2 rings (SSSR count). The van der Waals surface area contributed by atoms with Crippen molar-refractivity contribution >= 4 is 37.3 Å². The van der Waals surface area contributed by atoms with Gasteiger partial charge in [0.1, 0.15) is 0 Å². The highest BCUT2D eigenvalue weighted by molar-refractivity contribution is 9.10. The molecule has 104 valence electrons. The average molecular weight is 365 g/mol. The fourth-order valence-corrected chi connectivity index (χ4v) is 4.91. The molecular weight excluding hydrogens is 352 g/mol. The Kier molecular flexibility index (Phi) is 4.09. The summed E-state index contributed by atoms with van der Waals surface area (Å²) in [5, 5.41) is 7.37. The highest BCUT2D eigenvalue weighted by Crippen LogP contribution is 2.25. The number of aromatic nitrogens is 3. The molecule has 9 heteroatoms. The summed E-state index contributed by atoms with van der Waals surface area (Å²) < 4.78 is 28.6. The lowest BCUT2D eigenvalue weighted by molar-refractivity contribution is 0.549. The maximum atomic E-state index is 12.3. The summed E-state index contributed by atoms with van der Waals surface area (Å²) in [7, 11) is -2.13. The summed E-state index contributed by atoms with van der Waals surface area (Å²) in [5.41, 5.74) is 0. The molecule has 2 aromatic rings. The Bertz CT molecular complexity index is 673. The maximum Gasteiger partial charge on any atom is 0.261 e. The number of nitrogens with one attached hydrogen (secondary N) is 1. The second kappa shape index (κ2) is 5.31. The van der Waals surface area contributed by atoms with Crippen LogP contribution in [0.4, 0.5) is 0 Å². The van der Waals surface area contributed by atoms with E-state index in [1.54, 1.807) is 18.3 Å². The molecule has 0 saturated carbocycles. The van der Waals surface area contributed by atoms with Gasteiger partial charge in [0.05, 0.1) is 6.04 Å². The first-order valence-corrected chi connectivity index (χ1v) is 8.54. The molecule has 0 bridgehead atoms. The highest BCUT2D eigenvalue weighted by atomic mass is 79.9. The van der Waals surface area contributed by atoms with E-state index in [0.29, 0.717) is 0 Å². The molecule has 0 radical (unpaired) electrons. The molecule has 2 aromatic heterocycles. The first kappa shape index (κ1) is 14.6. The van der Waals surface area contributed by atoms with Crippen molar-refractivity contribution in [1.82, 2.24) is 19.7 Å². The zero-order chi connectivity index (χ0) is 14.2. The lowest BCUT2D eigenvalue weighted by Gasteiger charge is -2.12. The molecule has 0 aromatic carbocycles. The van der Waals surface area contributed by atoms with Crippen LogP contribution in [-0.2, 0) is 17.1 Å². The number of hydrogen-bond donors (Lipinski definition) is 1. The highest BCUT2D eigenvalue weighted by Gasteiger charge is 2.26. The number of nitrogens with zero attached hydrogens (tertiary/aromatic N) is 3. The van der Waals surface area contributed by atoms with E-state index in [2.05, 4.69) is 31.0 Å². The first-order chi connectivity index (χ1) is 8.81. The Morgan fingerprint density at radius 3 is 2.63 bits per heavy atom. The summed E-state index contributed by atoms with van der Waals surface area (Å²) in [6, 6.07) is 3.58. The number of hydrogen-bond acceptors (Lipinski definition) is 5. The summed E-state index contributed by atoms with van der Waals surface area (Å²) >= 11 is 4.66. The minimum absolute atomic E-state index is 0.0210. The second-order valence-corrected chi connectivity index (χ2v) is 7.80. The van der Waals surface area contributed by atoms with Crippen molar-refractivity contribution < 1.29 is 8.42 Å². The average Bonchev–Trinajstić information content (AvgIpc) is 2.85. The SMILES string of the molecule is Cc1ccc(C(C)NS(=O)(=O)c2c(Br)nnn2C)s1. The smallest absolute Gasteiger partial charge is 0.235 e. The molecule has 0 spiro atoms. The fourth-order valence-electron chi connectivity index (χ4n) is 1.64. The third-order valence-electron chi connectivity index (χ3n) is 2.51. The predicted molar refractivity (Wildman–Crippen MR) is 76.5 cm³/mol. The van der Waals surface area contributed by atoms with E-state index in [1.165, 1.54) is 11.7 Å². The largest absolute Gasteiger partial charge is 0.261 e. The van der Waals surface area contributed by atoms with E-state index in [-0.39, 0.29) is 15.7 Å². The van der Waals surface area contributed by atoms with Gasteiger partial charge in [-0.05, 0) is 41.9 Å². The van der Waals surface area contributed by atoms with Crippen LogP contribution in [-0.4, -0.2) is 23.4 Å². The second-order valence-electron chi connectivity index (χ2n) is 4.10. The molecule has 0 saturated heterocycles. The van der Waals surface area contributed by atoms with Gasteiger partial charge in [0.15, 0.2) is 4.60 Å². The van der Waals surface area contributed by atoms with E-state index in [0.717, 1.165) is 9.75 Å². The Morgan fingerprint density at radius 2 is 2.16 bits per heavy atom. The molecule has 2 heterocycles. The van der Waals surface area contributed by atoms with Gasteiger partial charge in [0, 0.05) is 16.8 Å². The minimum Gasteiger partial charge on any atom is -0.235 e. The summed E-state index contributed by atoms with van der Waals surface area (Å²) in [6.07, 6.45) is 0. The molecule has 6 nitrogen and oxygen atoms in total. The fraction of sp³-hybridized carbons (Fsp3) is 0.400. The first-order valence-electron chi connectivity index (χ1n) is 5.45. The molecule has 0 aliphatic heterocycles. The van der Waals surface area contributed by atoms with Crippen LogP contribution in [0.25, 0.3) is 0 Å². The van der Waals surface area contributed by atoms with Crippen molar-refractivity contribution in [2.75, 3.05) is 0 Å². The zero-order valence-electron chi connectivity index (χ0n) is 10.6. The van der Waals surface area contributed by atoms with Gasteiger partial charge in [-0.1, -0.05) is 5.21 Å². The molecule has 0 aliphatic rings. The molecule has 0 fully saturated rings. The lowest BCUT2D eigenvalue weighted by atomic mass is 10.3. The molecule has 0 amide bonds. The van der Waals surface area contributed by atoms with Crippen molar-refractivity contribution in [3.8, 4) is 0 Å². The summed E-state index contributed by atoms with van der Waals surface area (Å²) in [5.74, 6) is 0. The van der Waals surface area contributed by atoms with Gasteiger partial charge < -0.3 is 0 Å². The van der Waals surface area contributed by atoms with Crippen molar-refractivity contribution in [3.05, 3.63) is 26.5 Å².